The Hall–Kier alpha value is -3.72. The van der Waals surface area contributed by atoms with Crippen molar-refractivity contribution in [2.75, 3.05) is 20.3 Å². The number of carbonyl (C=O) groups is 2. The van der Waals surface area contributed by atoms with Crippen molar-refractivity contribution in [2.45, 2.75) is 32.4 Å². The van der Waals surface area contributed by atoms with Gasteiger partial charge in [0.25, 0.3) is 17.4 Å². The Morgan fingerprint density at radius 2 is 1.76 bits per heavy atom. The molecule has 3 rings (SSSR count). The number of likely N-dealkylation sites (tertiary alicyclic amines) is 1. The Labute approximate surface area is 191 Å². The third kappa shape index (κ3) is 5.20. The van der Waals surface area contributed by atoms with Gasteiger partial charge in [0.1, 0.15) is 11.5 Å². The van der Waals surface area contributed by atoms with Crippen molar-refractivity contribution in [3.8, 4) is 5.75 Å². The van der Waals surface area contributed by atoms with Crippen LogP contribution in [0.15, 0.2) is 54.1 Å². The molecule has 1 aliphatic heterocycles. The van der Waals surface area contributed by atoms with Gasteiger partial charge in [-0.2, -0.15) is 0 Å². The molecule has 2 aromatic rings. The highest BCUT2D eigenvalue weighted by Crippen LogP contribution is 2.40. The number of non-ortho nitro benzene ring substituents is 1. The molecule has 0 saturated carbocycles. The zero-order valence-corrected chi connectivity index (χ0v) is 18.7. The number of aliphatic hydroxyl groups is 1. The molecular formula is C24H26N2O7. The monoisotopic (exact) mass is 454 g/mol. The summed E-state index contributed by atoms with van der Waals surface area (Å²) in [6.45, 7) is 4.39. The first-order valence-corrected chi connectivity index (χ1v) is 10.5. The zero-order chi connectivity index (χ0) is 24.1. The van der Waals surface area contributed by atoms with Gasteiger partial charge < -0.3 is 19.5 Å². The first-order valence-electron chi connectivity index (χ1n) is 10.5. The molecule has 0 radical (unpaired) electrons. The number of nitro groups is 1. The molecule has 1 aliphatic rings. The van der Waals surface area contributed by atoms with Crippen LogP contribution in [-0.4, -0.2) is 53.0 Å². The number of hydrogen-bond acceptors (Lipinski definition) is 7. The molecule has 0 unspecified atom stereocenters. The second-order valence-electron chi connectivity index (χ2n) is 7.88. The van der Waals surface area contributed by atoms with Crippen molar-refractivity contribution in [3.63, 3.8) is 0 Å². The normalized spacial score (nSPS) is 17.6. The van der Waals surface area contributed by atoms with Gasteiger partial charge in [0.2, 0.25) is 0 Å². The average molecular weight is 454 g/mol. The number of amides is 1. The Kier molecular flexibility index (Phi) is 7.44. The van der Waals surface area contributed by atoms with Gasteiger partial charge in [-0.15, -0.1) is 0 Å². The summed E-state index contributed by atoms with van der Waals surface area (Å²) in [5.41, 5.74) is 0.658. The molecule has 174 valence electrons. The summed E-state index contributed by atoms with van der Waals surface area (Å²) in [6, 6.07) is 11.3. The van der Waals surface area contributed by atoms with E-state index in [0.29, 0.717) is 29.9 Å². The standard InChI is InChI=1S/C24H26N2O7/c1-15(2)33-19-11-7-17(8-12-19)22(27)20-21(16-5-9-18(10-6-16)26(30)31)25(13-4-14-32-3)24(29)23(20)28/h5-12,15,21,27H,4,13-14H2,1-3H3/t21-/m1/s1. The lowest BCUT2D eigenvalue weighted by Gasteiger charge is -2.25. The minimum absolute atomic E-state index is 0.0241. The van der Waals surface area contributed by atoms with Gasteiger partial charge >= 0.3 is 0 Å². The van der Waals surface area contributed by atoms with E-state index in [-0.39, 0.29) is 29.7 Å². The van der Waals surface area contributed by atoms with E-state index in [1.807, 2.05) is 13.8 Å². The molecule has 0 aromatic heterocycles. The van der Waals surface area contributed by atoms with Crippen LogP contribution in [0.2, 0.25) is 0 Å². The largest absolute Gasteiger partial charge is 0.507 e. The average Bonchev–Trinajstić information content (AvgIpc) is 3.04. The van der Waals surface area contributed by atoms with Crippen molar-refractivity contribution in [3.05, 3.63) is 75.3 Å². The van der Waals surface area contributed by atoms with E-state index < -0.39 is 22.7 Å². The van der Waals surface area contributed by atoms with E-state index >= 15 is 0 Å². The quantitative estimate of drug-likeness (QED) is 0.153. The van der Waals surface area contributed by atoms with Gasteiger partial charge in [-0.1, -0.05) is 0 Å². The van der Waals surface area contributed by atoms with Crippen LogP contribution < -0.4 is 4.74 Å². The van der Waals surface area contributed by atoms with Crippen LogP contribution in [0.4, 0.5) is 5.69 Å². The second-order valence-corrected chi connectivity index (χ2v) is 7.88. The smallest absolute Gasteiger partial charge is 0.295 e. The van der Waals surface area contributed by atoms with Gasteiger partial charge in [-0.05, 0) is 62.2 Å². The van der Waals surface area contributed by atoms with Crippen molar-refractivity contribution < 1.29 is 29.1 Å². The molecule has 1 heterocycles. The van der Waals surface area contributed by atoms with Crippen molar-refractivity contribution in [1.82, 2.24) is 4.90 Å². The summed E-state index contributed by atoms with van der Waals surface area (Å²) < 4.78 is 10.7. The number of hydrogen-bond donors (Lipinski definition) is 1. The zero-order valence-electron chi connectivity index (χ0n) is 18.7. The highest BCUT2D eigenvalue weighted by atomic mass is 16.6. The van der Waals surface area contributed by atoms with Gasteiger partial charge in [-0.25, -0.2) is 0 Å². The predicted octanol–water partition coefficient (Wildman–Crippen LogP) is 3.84. The lowest BCUT2D eigenvalue weighted by Crippen LogP contribution is -2.31. The van der Waals surface area contributed by atoms with E-state index in [2.05, 4.69) is 0 Å². The number of methoxy groups -OCH3 is 1. The molecule has 1 atom stereocenters. The lowest BCUT2D eigenvalue weighted by molar-refractivity contribution is -0.384. The molecule has 0 bridgehead atoms. The number of benzene rings is 2. The molecule has 1 amide bonds. The molecule has 1 saturated heterocycles. The fourth-order valence-corrected chi connectivity index (χ4v) is 3.73. The number of rotatable bonds is 9. The Morgan fingerprint density at radius 1 is 1.12 bits per heavy atom. The summed E-state index contributed by atoms with van der Waals surface area (Å²) in [5.74, 6) is -1.26. The minimum Gasteiger partial charge on any atom is -0.507 e. The van der Waals surface area contributed by atoms with E-state index in [1.165, 1.54) is 36.3 Å². The first-order chi connectivity index (χ1) is 15.7. The maximum atomic E-state index is 13.0. The molecule has 1 fully saturated rings. The number of Topliss-reactive ketones (excluding diaryl/α,β-unsaturated/α-hetero) is 1. The molecule has 9 nitrogen and oxygen atoms in total. The van der Waals surface area contributed by atoms with Gasteiger partial charge in [-0.3, -0.25) is 19.7 Å². The summed E-state index contributed by atoms with van der Waals surface area (Å²) >= 11 is 0. The minimum atomic E-state index is -0.880. The van der Waals surface area contributed by atoms with E-state index in [0.717, 1.165) is 0 Å². The number of nitro benzene ring substituents is 1. The lowest BCUT2D eigenvalue weighted by atomic mass is 9.95. The summed E-state index contributed by atoms with van der Waals surface area (Å²) in [4.78, 5) is 37.7. The number of aliphatic hydroxyl groups excluding tert-OH is 1. The molecule has 33 heavy (non-hydrogen) atoms. The maximum absolute atomic E-state index is 13.0. The number of nitrogens with zero attached hydrogens (tertiary/aromatic N) is 2. The van der Waals surface area contributed by atoms with Gasteiger partial charge in [0.05, 0.1) is 22.6 Å². The predicted molar refractivity (Wildman–Crippen MR) is 121 cm³/mol. The Bertz CT molecular complexity index is 1060. The molecular weight excluding hydrogens is 428 g/mol. The van der Waals surface area contributed by atoms with Gasteiger partial charge in [0.15, 0.2) is 0 Å². The highest BCUT2D eigenvalue weighted by molar-refractivity contribution is 6.46. The van der Waals surface area contributed by atoms with E-state index in [9.17, 15) is 24.8 Å². The third-order valence-electron chi connectivity index (χ3n) is 5.21. The van der Waals surface area contributed by atoms with Crippen LogP contribution in [0.25, 0.3) is 5.76 Å². The second kappa shape index (κ2) is 10.3. The van der Waals surface area contributed by atoms with Crippen LogP contribution >= 0.6 is 0 Å². The first kappa shape index (κ1) is 23.9. The third-order valence-corrected chi connectivity index (χ3v) is 5.21. The molecule has 9 heteroatoms. The number of ether oxygens (including phenoxy) is 2. The van der Waals surface area contributed by atoms with Crippen molar-refractivity contribution >= 4 is 23.1 Å². The maximum Gasteiger partial charge on any atom is 0.295 e. The fourth-order valence-electron chi connectivity index (χ4n) is 3.73. The van der Waals surface area contributed by atoms with Gasteiger partial charge in [0, 0.05) is 38.0 Å². The van der Waals surface area contributed by atoms with Crippen LogP contribution in [0.1, 0.15) is 37.4 Å². The SMILES string of the molecule is COCCCN1C(=O)C(=O)C(=C(O)c2ccc(OC(C)C)cc2)[C@H]1c1ccc([N+](=O)[O-])cc1. The number of carbonyl (C=O) groups excluding carboxylic acids is 2. The summed E-state index contributed by atoms with van der Waals surface area (Å²) in [5, 5.41) is 22.1. The van der Waals surface area contributed by atoms with E-state index in [1.54, 1.807) is 24.3 Å². The van der Waals surface area contributed by atoms with Crippen LogP contribution in [0, 0.1) is 10.1 Å². The van der Waals surface area contributed by atoms with Crippen LogP contribution in [0.5, 0.6) is 5.75 Å². The van der Waals surface area contributed by atoms with E-state index in [4.69, 9.17) is 9.47 Å². The van der Waals surface area contributed by atoms with Crippen LogP contribution in [-0.2, 0) is 14.3 Å². The number of ketones is 1. The summed E-state index contributed by atoms with van der Waals surface area (Å²) in [6.07, 6.45) is 0.456. The molecule has 0 aliphatic carbocycles. The Morgan fingerprint density at radius 3 is 2.30 bits per heavy atom. The molecule has 0 spiro atoms. The summed E-state index contributed by atoms with van der Waals surface area (Å²) in [7, 11) is 1.54. The van der Waals surface area contributed by atoms with Crippen molar-refractivity contribution in [2.24, 2.45) is 0 Å². The fraction of sp³-hybridized carbons (Fsp3) is 0.333. The molecule has 1 N–H and O–H groups in total. The Balaban J connectivity index is 2.06. The van der Waals surface area contributed by atoms with Crippen LogP contribution in [0.3, 0.4) is 0 Å². The highest BCUT2D eigenvalue weighted by Gasteiger charge is 2.45. The van der Waals surface area contributed by atoms with Crippen molar-refractivity contribution in [1.29, 1.82) is 0 Å². The molecule has 2 aromatic carbocycles. The topological polar surface area (TPSA) is 119 Å².